The molecule has 0 bridgehead atoms. The number of oxime groups is 1. The maximum absolute atomic E-state index is 12.8. The van der Waals surface area contributed by atoms with E-state index in [9.17, 15) is 9.18 Å². The SMILES string of the molecule is C/C(=N/O)c1cccc(NC(=O)c2ccc(F)cc2)c1. The van der Waals surface area contributed by atoms with Crippen molar-refractivity contribution in [1.82, 2.24) is 0 Å². The quantitative estimate of drug-likeness (QED) is 0.511. The van der Waals surface area contributed by atoms with Gasteiger partial charge in [0.2, 0.25) is 0 Å². The number of carbonyl (C=O) groups excluding carboxylic acids is 1. The molecule has 0 aromatic heterocycles. The van der Waals surface area contributed by atoms with Crippen LogP contribution in [-0.2, 0) is 0 Å². The summed E-state index contributed by atoms with van der Waals surface area (Å²) in [6, 6.07) is 12.2. The van der Waals surface area contributed by atoms with Gasteiger partial charge in [0, 0.05) is 16.8 Å². The number of nitrogens with one attached hydrogen (secondary N) is 1. The zero-order chi connectivity index (χ0) is 14.5. The number of carbonyl (C=O) groups is 1. The number of nitrogens with zero attached hydrogens (tertiary/aromatic N) is 1. The lowest BCUT2D eigenvalue weighted by Crippen LogP contribution is -2.12. The Labute approximate surface area is 115 Å². The summed E-state index contributed by atoms with van der Waals surface area (Å²) in [6.45, 7) is 1.65. The van der Waals surface area contributed by atoms with E-state index in [0.29, 0.717) is 22.5 Å². The van der Waals surface area contributed by atoms with Gasteiger partial charge in [-0.25, -0.2) is 4.39 Å². The lowest BCUT2D eigenvalue weighted by molar-refractivity contribution is 0.102. The Morgan fingerprint density at radius 1 is 1.15 bits per heavy atom. The van der Waals surface area contributed by atoms with Crippen LogP contribution in [0.4, 0.5) is 10.1 Å². The Kier molecular flexibility index (Phi) is 4.10. The average molecular weight is 272 g/mol. The molecular formula is C15H13FN2O2. The highest BCUT2D eigenvalue weighted by molar-refractivity contribution is 6.05. The number of anilines is 1. The third-order valence-corrected chi connectivity index (χ3v) is 2.79. The van der Waals surface area contributed by atoms with Crippen molar-refractivity contribution < 1.29 is 14.4 Å². The first-order valence-electron chi connectivity index (χ1n) is 5.96. The van der Waals surface area contributed by atoms with Crippen molar-refractivity contribution in [3.8, 4) is 0 Å². The normalized spacial score (nSPS) is 11.2. The average Bonchev–Trinajstić information content (AvgIpc) is 2.47. The lowest BCUT2D eigenvalue weighted by atomic mass is 10.1. The minimum Gasteiger partial charge on any atom is -0.411 e. The Morgan fingerprint density at radius 2 is 1.85 bits per heavy atom. The number of hydrogen-bond acceptors (Lipinski definition) is 3. The molecule has 1 amide bonds. The molecule has 102 valence electrons. The van der Waals surface area contributed by atoms with Gasteiger partial charge in [-0.05, 0) is 43.3 Å². The minimum absolute atomic E-state index is 0.333. The van der Waals surface area contributed by atoms with E-state index in [1.54, 1.807) is 31.2 Å². The van der Waals surface area contributed by atoms with Crippen LogP contribution in [0.25, 0.3) is 0 Å². The number of benzene rings is 2. The second-order valence-corrected chi connectivity index (χ2v) is 4.23. The Morgan fingerprint density at radius 3 is 2.50 bits per heavy atom. The van der Waals surface area contributed by atoms with Crippen molar-refractivity contribution in [3.63, 3.8) is 0 Å². The molecule has 2 rings (SSSR count). The lowest BCUT2D eigenvalue weighted by Gasteiger charge is -2.07. The van der Waals surface area contributed by atoms with Crippen LogP contribution in [0.3, 0.4) is 0 Å². The van der Waals surface area contributed by atoms with Crippen molar-refractivity contribution in [3.05, 3.63) is 65.5 Å². The fraction of sp³-hybridized carbons (Fsp3) is 0.0667. The monoisotopic (exact) mass is 272 g/mol. The van der Waals surface area contributed by atoms with Gasteiger partial charge in [-0.1, -0.05) is 17.3 Å². The van der Waals surface area contributed by atoms with Gasteiger partial charge in [-0.3, -0.25) is 4.79 Å². The summed E-state index contributed by atoms with van der Waals surface area (Å²) in [5, 5.41) is 14.5. The summed E-state index contributed by atoms with van der Waals surface area (Å²) in [5.74, 6) is -0.723. The van der Waals surface area contributed by atoms with Crippen LogP contribution in [0.2, 0.25) is 0 Å². The maximum atomic E-state index is 12.8. The van der Waals surface area contributed by atoms with Crippen molar-refractivity contribution in [2.45, 2.75) is 6.92 Å². The molecule has 0 heterocycles. The third-order valence-electron chi connectivity index (χ3n) is 2.79. The van der Waals surface area contributed by atoms with Crippen molar-refractivity contribution in [2.24, 2.45) is 5.16 Å². The number of amides is 1. The van der Waals surface area contributed by atoms with Crippen LogP contribution in [0.1, 0.15) is 22.8 Å². The summed E-state index contributed by atoms with van der Waals surface area (Å²) < 4.78 is 12.8. The summed E-state index contributed by atoms with van der Waals surface area (Å²) in [5.41, 5.74) is 2.08. The van der Waals surface area contributed by atoms with E-state index in [4.69, 9.17) is 5.21 Å². The fourth-order valence-electron chi connectivity index (χ4n) is 1.68. The second-order valence-electron chi connectivity index (χ2n) is 4.23. The van der Waals surface area contributed by atoms with E-state index in [1.807, 2.05) is 0 Å². The third kappa shape index (κ3) is 3.20. The van der Waals surface area contributed by atoms with E-state index in [2.05, 4.69) is 10.5 Å². The molecule has 0 saturated heterocycles. The summed E-state index contributed by atoms with van der Waals surface area (Å²) in [7, 11) is 0. The van der Waals surface area contributed by atoms with Gasteiger partial charge in [0.25, 0.3) is 5.91 Å². The zero-order valence-corrected chi connectivity index (χ0v) is 10.8. The minimum atomic E-state index is -0.390. The summed E-state index contributed by atoms with van der Waals surface area (Å²) in [4.78, 5) is 12.0. The second kappa shape index (κ2) is 5.97. The fourth-order valence-corrected chi connectivity index (χ4v) is 1.68. The van der Waals surface area contributed by atoms with Gasteiger partial charge in [0.05, 0.1) is 5.71 Å². The molecule has 0 aliphatic heterocycles. The van der Waals surface area contributed by atoms with Crippen LogP contribution in [0.5, 0.6) is 0 Å². The van der Waals surface area contributed by atoms with Gasteiger partial charge in [0.15, 0.2) is 0 Å². The highest BCUT2D eigenvalue weighted by atomic mass is 19.1. The molecule has 2 aromatic carbocycles. The van der Waals surface area contributed by atoms with E-state index in [0.717, 1.165) is 0 Å². The van der Waals surface area contributed by atoms with Gasteiger partial charge < -0.3 is 10.5 Å². The Hall–Kier alpha value is -2.69. The molecule has 20 heavy (non-hydrogen) atoms. The van der Waals surface area contributed by atoms with Gasteiger partial charge in [-0.2, -0.15) is 0 Å². The molecule has 2 aromatic rings. The molecule has 0 spiro atoms. The van der Waals surface area contributed by atoms with E-state index in [-0.39, 0.29) is 5.91 Å². The molecule has 2 N–H and O–H groups in total. The molecule has 0 unspecified atom stereocenters. The zero-order valence-electron chi connectivity index (χ0n) is 10.8. The van der Waals surface area contributed by atoms with Crippen LogP contribution in [-0.4, -0.2) is 16.8 Å². The summed E-state index contributed by atoms with van der Waals surface area (Å²) in [6.07, 6.45) is 0. The number of rotatable bonds is 3. The molecule has 0 saturated carbocycles. The molecule has 0 aliphatic carbocycles. The van der Waals surface area contributed by atoms with Gasteiger partial charge >= 0.3 is 0 Å². The van der Waals surface area contributed by atoms with Crippen molar-refractivity contribution >= 4 is 17.3 Å². The predicted molar refractivity (Wildman–Crippen MR) is 74.8 cm³/mol. The van der Waals surface area contributed by atoms with E-state index < -0.39 is 5.82 Å². The highest BCUT2D eigenvalue weighted by Gasteiger charge is 2.07. The molecule has 0 aliphatic rings. The van der Waals surface area contributed by atoms with Crippen LogP contribution >= 0.6 is 0 Å². The first-order chi connectivity index (χ1) is 9.60. The maximum Gasteiger partial charge on any atom is 0.255 e. The molecule has 0 fully saturated rings. The van der Waals surface area contributed by atoms with Gasteiger partial charge in [-0.15, -0.1) is 0 Å². The van der Waals surface area contributed by atoms with Gasteiger partial charge in [0.1, 0.15) is 5.82 Å². The van der Waals surface area contributed by atoms with E-state index >= 15 is 0 Å². The molecule has 5 heteroatoms. The smallest absolute Gasteiger partial charge is 0.255 e. The Balaban J connectivity index is 2.17. The first-order valence-corrected chi connectivity index (χ1v) is 5.96. The molecule has 4 nitrogen and oxygen atoms in total. The number of halogens is 1. The number of hydrogen-bond donors (Lipinski definition) is 2. The summed E-state index contributed by atoms with van der Waals surface area (Å²) >= 11 is 0. The predicted octanol–water partition coefficient (Wildman–Crippen LogP) is 3.28. The molecule has 0 radical (unpaired) electrons. The largest absolute Gasteiger partial charge is 0.411 e. The van der Waals surface area contributed by atoms with Crippen LogP contribution in [0, 0.1) is 5.82 Å². The first kappa shape index (κ1) is 13.7. The molecule has 0 atom stereocenters. The van der Waals surface area contributed by atoms with Crippen LogP contribution < -0.4 is 5.32 Å². The standard InChI is InChI=1S/C15H13FN2O2/c1-10(18-20)12-3-2-4-14(9-12)17-15(19)11-5-7-13(16)8-6-11/h2-9,20H,1H3,(H,17,19)/b18-10-. The molecular weight excluding hydrogens is 259 g/mol. The van der Waals surface area contributed by atoms with Crippen molar-refractivity contribution in [2.75, 3.05) is 5.32 Å². The highest BCUT2D eigenvalue weighted by Crippen LogP contribution is 2.13. The van der Waals surface area contributed by atoms with E-state index in [1.165, 1.54) is 24.3 Å². The topological polar surface area (TPSA) is 61.7 Å². The Bertz CT molecular complexity index is 651. The van der Waals surface area contributed by atoms with Crippen molar-refractivity contribution in [1.29, 1.82) is 0 Å². The van der Waals surface area contributed by atoms with Crippen LogP contribution in [0.15, 0.2) is 53.7 Å².